The summed E-state index contributed by atoms with van der Waals surface area (Å²) in [5.74, 6) is 0. The van der Waals surface area contributed by atoms with Crippen LogP contribution in [0.3, 0.4) is 0 Å². The average molecular weight is 177 g/mol. The quantitative estimate of drug-likeness (QED) is 0.676. The molecule has 70 valence electrons. The number of hydrogen-bond donors (Lipinski definition) is 2. The fourth-order valence-corrected chi connectivity index (χ4v) is 1.93. The van der Waals surface area contributed by atoms with Crippen LogP contribution >= 0.6 is 0 Å². The molecule has 0 saturated heterocycles. The molecule has 2 rings (SSSR count). The molecule has 0 aromatic heterocycles. The van der Waals surface area contributed by atoms with E-state index in [0.29, 0.717) is 6.04 Å². The molecule has 1 aromatic carbocycles. The lowest BCUT2D eigenvalue weighted by molar-refractivity contribution is 0.279. The fraction of sp³-hybridized carbons (Fsp3) is 0.455. The Bertz CT molecular complexity index is 295. The van der Waals surface area contributed by atoms with Gasteiger partial charge in [-0.1, -0.05) is 18.2 Å². The molecule has 2 heteroatoms. The second-order valence-corrected chi connectivity index (χ2v) is 3.70. The van der Waals surface area contributed by atoms with Gasteiger partial charge in [-0.3, -0.25) is 0 Å². The van der Waals surface area contributed by atoms with Crippen molar-refractivity contribution in [1.82, 2.24) is 5.32 Å². The van der Waals surface area contributed by atoms with Gasteiger partial charge in [-0.15, -0.1) is 0 Å². The second-order valence-electron chi connectivity index (χ2n) is 3.70. The fourth-order valence-electron chi connectivity index (χ4n) is 1.93. The highest BCUT2D eigenvalue weighted by atomic mass is 16.3. The zero-order chi connectivity index (χ0) is 9.26. The molecule has 2 nitrogen and oxygen atoms in total. The number of aliphatic hydroxyl groups is 1. The molecule has 1 heterocycles. The molecule has 1 aliphatic rings. The minimum Gasteiger partial charge on any atom is -0.392 e. The van der Waals surface area contributed by atoms with E-state index >= 15 is 0 Å². The summed E-state index contributed by atoms with van der Waals surface area (Å²) < 4.78 is 0. The Morgan fingerprint density at radius 3 is 3.15 bits per heavy atom. The molecular formula is C11H15NO. The number of nitrogens with one attached hydrogen (secondary N) is 1. The summed E-state index contributed by atoms with van der Waals surface area (Å²) in [6.07, 6.45) is 1.03. The summed E-state index contributed by atoms with van der Waals surface area (Å²) in [7, 11) is 0. The van der Waals surface area contributed by atoms with Gasteiger partial charge in [-0.25, -0.2) is 0 Å². The Balaban J connectivity index is 2.41. The van der Waals surface area contributed by atoms with Gasteiger partial charge in [0.1, 0.15) is 0 Å². The Morgan fingerprint density at radius 1 is 1.54 bits per heavy atom. The predicted molar refractivity (Wildman–Crippen MR) is 52.4 cm³/mol. The van der Waals surface area contributed by atoms with Crippen LogP contribution in [0.5, 0.6) is 0 Å². The maximum absolute atomic E-state index is 9.16. The van der Waals surface area contributed by atoms with Crippen molar-refractivity contribution in [1.29, 1.82) is 0 Å². The van der Waals surface area contributed by atoms with E-state index in [1.165, 1.54) is 11.1 Å². The second kappa shape index (κ2) is 3.48. The zero-order valence-corrected chi connectivity index (χ0v) is 7.88. The van der Waals surface area contributed by atoms with Crippen molar-refractivity contribution in [2.24, 2.45) is 0 Å². The number of rotatable bonds is 1. The van der Waals surface area contributed by atoms with Gasteiger partial charge in [0.05, 0.1) is 6.61 Å². The first kappa shape index (κ1) is 8.73. The summed E-state index contributed by atoms with van der Waals surface area (Å²) in [6, 6.07) is 6.69. The van der Waals surface area contributed by atoms with Gasteiger partial charge in [0, 0.05) is 12.6 Å². The van der Waals surface area contributed by atoms with E-state index in [1.54, 1.807) is 0 Å². The molecule has 0 amide bonds. The van der Waals surface area contributed by atoms with Crippen LogP contribution < -0.4 is 5.32 Å². The summed E-state index contributed by atoms with van der Waals surface area (Å²) in [5, 5.41) is 12.6. The third-order valence-electron chi connectivity index (χ3n) is 2.69. The Morgan fingerprint density at radius 2 is 2.38 bits per heavy atom. The molecule has 0 saturated carbocycles. The van der Waals surface area contributed by atoms with Crippen LogP contribution in [0.25, 0.3) is 0 Å². The van der Waals surface area contributed by atoms with Gasteiger partial charge in [0.25, 0.3) is 0 Å². The zero-order valence-electron chi connectivity index (χ0n) is 7.88. The van der Waals surface area contributed by atoms with Crippen molar-refractivity contribution in [3.05, 3.63) is 34.9 Å². The van der Waals surface area contributed by atoms with Gasteiger partial charge in [-0.05, 0) is 30.0 Å². The number of aliphatic hydroxyl groups excluding tert-OH is 1. The third-order valence-corrected chi connectivity index (χ3v) is 2.69. The number of benzene rings is 1. The van der Waals surface area contributed by atoms with E-state index in [1.807, 2.05) is 12.1 Å². The molecule has 1 aromatic rings. The van der Waals surface area contributed by atoms with Crippen molar-refractivity contribution in [2.75, 3.05) is 0 Å². The first-order valence-electron chi connectivity index (χ1n) is 4.75. The van der Waals surface area contributed by atoms with E-state index in [4.69, 9.17) is 5.11 Å². The largest absolute Gasteiger partial charge is 0.392 e. The molecule has 13 heavy (non-hydrogen) atoms. The molecular weight excluding hydrogens is 162 g/mol. The molecule has 0 radical (unpaired) electrons. The highest BCUT2D eigenvalue weighted by Gasteiger charge is 2.16. The van der Waals surface area contributed by atoms with Crippen molar-refractivity contribution >= 4 is 0 Å². The molecule has 2 N–H and O–H groups in total. The lowest BCUT2D eigenvalue weighted by Crippen LogP contribution is -2.33. The van der Waals surface area contributed by atoms with Crippen LogP contribution in [0.1, 0.15) is 23.6 Å². The smallest absolute Gasteiger partial charge is 0.0684 e. The monoisotopic (exact) mass is 177 g/mol. The Kier molecular flexibility index (Phi) is 2.34. The van der Waals surface area contributed by atoms with Crippen LogP contribution in [-0.2, 0) is 19.6 Å². The van der Waals surface area contributed by atoms with E-state index < -0.39 is 0 Å². The highest BCUT2D eigenvalue weighted by molar-refractivity contribution is 5.37. The highest BCUT2D eigenvalue weighted by Crippen LogP contribution is 2.20. The van der Waals surface area contributed by atoms with Crippen LogP contribution in [0.4, 0.5) is 0 Å². The average Bonchev–Trinajstić information content (AvgIpc) is 2.17. The molecule has 1 unspecified atom stereocenters. The van der Waals surface area contributed by atoms with Crippen LogP contribution in [0.2, 0.25) is 0 Å². The van der Waals surface area contributed by atoms with E-state index in [0.717, 1.165) is 18.5 Å². The van der Waals surface area contributed by atoms with Gasteiger partial charge >= 0.3 is 0 Å². The molecule has 1 atom stereocenters. The molecule has 0 fully saturated rings. The first-order chi connectivity index (χ1) is 6.31. The molecule has 0 spiro atoms. The van der Waals surface area contributed by atoms with Gasteiger partial charge < -0.3 is 10.4 Å². The van der Waals surface area contributed by atoms with E-state index in [2.05, 4.69) is 18.3 Å². The van der Waals surface area contributed by atoms with Crippen LogP contribution in [-0.4, -0.2) is 11.1 Å². The SMILES string of the molecule is CC1Cc2c(CO)cccc2CN1. The minimum absolute atomic E-state index is 0.163. The topological polar surface area (TPSA) is 32.3 Å². The lowest BCUT2D eigenvalue weighted by atomic mass is 9.92. The summed E-state index contributed by atoms with van der Waals surface area (Å²) in [4.78, 5) is 0. The number of fused-ring (bicyclic) bond motifs is 1. The molecule has 0 aliphatic carbocycles. The van der Waals surface area contributed by atoms with Gasteiger partial charge in [0.2, 0.25) is 0 Å². The predicted octanol–water partition coefficient (Wildman–Crippen LogP) is 1.21. The number of hydrogen-bond acceptors (Lipinski definition) is 2. The normalized spacial score (nSPS) is 21.2. The van der Waals surface area contributed by atoms with Crippen LogP contribution in [0, 0.1) is 0 Å². The summed E-state index contributed by atoms with van der Waals surface area (Å²) in [5.41, 5.74) is 3.77. The maximum atomic E-state index is 9.16. The first-order valence-corrected chi connectivity index (χ1v) is 4.75. The Hall–Kier alpha value is -0.860. The van der Waals surface area contributed by atoms with Crippen molar-refractivity contribution in [3.63, 3.8) is 0 Å². The van der Waals surface area contributed by atoms with E-state index in [9.17, 15) is 0 Å². The van der Waals surface area contributed by atoms with Crippen molar-refractivity contribution < 1.29 is 5.11 Å². The van der Waals surface area contributed by atoms with Crippen molar-refractivity contribution in [3.8, 4) is 0 Å². The summed E-state index contributed by atoms with van der Waals surface area (Å²) in [6.45, 7) is 3.28. The summed E-state index contributed by atoms with van der Waals surface area (Å²) >= 11 is 0. The maximum Gasteiger partial charge on any atom is 0.0684 e. The van der Waals surface area contributed by atoms with Crippen molar-refractivity contribution in [2.45, 2.75) is 32.5 Å². The molecule has 1 aliphatic heterocycles. The molecule has 0 bridgehead atoms. The van der Waals surface area contributed by atoms with Gasteiger partial charge in [-0.2, -0.15) is 0 Å². The minimum atomic E-state index is 0.163. The third kappa shape index (κ3) is 1.60. The van der Waals surface area contributed by atoms with Gasteiger partial charge in [0.15, 0.2) is 0 Å². The van der Waals surface area contributed by atoms with E-state index in [-0.39, 0.29) is 6.61 Å². The Labute approximate surface area is 78.6 Å². The lowest BCUT2D eigenvalue weighted by Gasteiger charge is -2.24. The standard InChI is InChI=1S/C11H15NO/c1-8-5-11-9(6-12-8)3-2-4-10(11)7-13/h2-4,8,12-13H,5-7H2,1H3. The van der Waals surface area contributed by atoms with Crippen LogP contribution in [0.15, 0.2) is 18.2 Å².